The third kappa shape index (κ3) is 1.86. The number of hydrogen-bond acceptors (Lipinski definition) is 2. The van der Waals surface area contributed by atoms with Crippen LogP contribution >= 0.6 is 0 Å². The Hall–Kier alpha value is -1.02. The molecule has 1 heterocycles. The molecular weight excluding hydrogens is 186 g/mol. The average molecular weight is 205 g/mol. The van der Waals surface area contributed by atoms with Crippen molar-refractivity contribution >= 4 is 5.69 Å². The van der Waals surface area contributed by atoms with E-state index in [-0.39, 0.29) is 6.10 Å². The molecule has 15 heavy (non-hydrogen) atoms. The summed E-state index contributed by atoms with van der Waals surface area (Å²) in [6.45, 7) is 5.06. The van der Waals surface area contributed by atoms with E-state index in [9.17, 15) is 5.11 Å². The number of hydrogen-bond donors (Lipinski definition) is 1. The fourth-order valence-corrected chi connectivity index (χ4v) is 2.65. The third-order valence-electron chi connectivity index (χ3n) is 3.24. The predicted molar refractivity (Wildman–Crippen MR) is 63.5 cm³/mol. The second kappa shape index (κ2) is 3.86. The number of benzene rings is 1. The van der Waals surface area contributed by atoms with E-state index in [2.05, 4.69) is 37.1 Å². The van der Waals surface area contributed by atoms with E-state index in [1.807, 2.05) is 6.92 Å². The first-order valence-corrected chi connectivity index (χ1v) is 5.58. The largest absolute Gasteiger partial charge is 0.393 e. The molecule has 2 atom stereocenters. The molecule has 0 aliphatic carbocycles. The van der Waals surface area contributed by atoms with Crippen LogP contribution in [0, 0.1) is 6.92 Å². The van der Waals surface area contributed by atoms with Gasteiger partial charge < -0.3 is 10.0 Å². The van der Waals surface area contributed by atoms with Gasteiger partial charge in [-0.1, -0.05) is 12.1 Å². The van der Waals surface area contributed by atoms with Crippen molar-refractivity contribution in [1.82, 2.24) is 0 Å². The molecule has 0 spiro atoms. The van der Waals surface area contributed by atoms with Crippen molar-refractivity contribution in [3.05, 3.63) is 29.3 Å². The van der Waals surface area contributed by atoms with Gasteiger partial charge >= 0.3 is 0 Å². The number of rotatable bonds is 2. The first kappa shape index (κ1) is 10.5. The lowest BCUT2D eigenvalue weighted by Gasteiger charge is -2.14. The van der Waals surface area contributed by atoms with Crippen LogP contribution in [0.15, 0.2) is 18.2 Å². The van der Waals surface area contributed by atoms with E-state index in [1.165, 1.54) is 16.8 Å². The highest BCUT2D eigenvalue weighted by atomic mass is 16.3. The van der Waals surface area contributed by atoms with Crippen LogP contribution in [0.2, 0.25) is 0 Å². The van der Waals surface area contributed by atoms with Crippen molar-refractivity contribution in [2.24, 2.45) is 0 Å². The van der Waals surface area contributed by atoms with E-state index in [0.717, 1.165) is 13.0 Å². The van der Waals surface area contributed by atoms with Crippen molar-refractivity contribution in [2.45, 2.75) is 32.3 Å². The smallest absolute Gasteiger partial charge is 0.0518 e. The van der Waals surface area contributed by atoms with Crippen molar-refractivity contribution in [3.8, 4) is 0 Å². The molecule has 0 fully saturated rings. The molecule has 0 radical (unpaired) electrons. The number of nitrogens with zero attached hydrogens (tertiary/aromatic N) is 1. The Morgan fingerprint density at radius 1 is 1.53 bits per heavy atom. The molecule has 2 heteroatoms. The maximum atomic E-state index is 9.50. The summed E-state index contributed by atoms with van der Waals surface area (Å²) in [5.74, 6) is 0.492. The Kier molecular flexibility index (Phi) is 2.70. The molecule has 0 aromatic heterocycles. The molecule has 0 amide bonds. The summed E-state index contributed by atoms with van der Waals surface area (Å²) in [5, 5.41) is 9.50. The summed E-state index contributed by atoms with van der Waals surface area (Å²) >= 11 is 0. The second-order valence-electron chi connectivity index (χ2n) is 4.67. The van der Waals surface area contributed by atoms with Gasteiger partial charge in [0.15, 0.2) is 0 Å². The SMILES string of the molecule is Cc1cccc2c1C(CC(C)O)CN2C. The van der Waals surface area contributed by atoms with Crippen molar-refractivity contribution < 1.29 is 5.11 Å². The van der Waals surface area contributed by atoms with Crippen LogP contribution in [0.25, 0.3) is 0 Å². The lowest BCUT2D eigenvalue weighted by molar-refractivity contribution is 0.176. The molecule has 2 nitrogen and oxygen atoms in total. The lowest BCUT2D eigenvalue weighted by Crippen LogP contribution is -2.17. The van der Waals surface area contributed by atoms with Gasteiger partial charge in [-0.15, -0.1) is 0 Å². The molecule has 1 aliphatic heterocycles. The van der Waals surface area contributed by atoms with Crippen LogP contribution < -0.4 is 4.90 Å². The number of anilines is 1. The second-order valence-corrected chi connectivity index (χ2v) is 4.67. The number of aliphatic hydroxyl groups is 1. The lowest BCUT2D eigenvalue weighted by atomic mass is 9.92. The standard InChI is InChI=1S/C13H19NO/c1-9-5-4-6-12-13(9)11(7-10(2)15)8-14(12)3/h4-6,10-11,15H,7-8H2,1-3H3. The highest BCUT2D eigenvalue weighted by Crippen LogP contribution is 2.39. The van der Waals surface area contributed by atoms with Crippen LogP contribution in [-0.4, -0.2) is 24.8 Å². The highest BCUT2D eigenvalue weighted by molar-refractivity contribution is 5.62. The predicted octanol–water partition coefficient (Wildman–Crippen LogP) is 2.30. The van der Waals surface area contributed by atoms with Gasteiger partial charge in [0.05, 0.1) is 6.10 Å². The minimum Gasteiger partial charge on any atom is -0.393 e. The van der Waals surface area contributed by atoms with Gasteiger partial charge in [-0.2, -0.15) is 0 Å². The minimum absolute atomic E-state index is 0.214. The van der Waals surface area contributed by atoms with Crippen LogP contribution in [-0.2, 0) is 0 Å². The Morgan fingerprint density at radius 3 is 2.93 bits per heavy atom. The average Bonchev–Trinajstić information content (AvgIpc) is 2.44. The molecule has 1 aromatic carbocycles. The Bertz CT molecular complexity index is 358. The molecule has 1 aromatic rings. The van der Waals surface area contributed by atoms with Crippen LogP contribution in [0.1, 0.15) is 30.4 Å². The molecule has 0 bridgehead atoms. The first-order valence-electron chi connectivity index (χ1n) is 5.58. The number of aliphatic hydroxyl groups excluding tert-OH is 1. The first-order chi connectivity index (χ1) is 7.09. The fourth-order valence-electron chi connectivity index (χ4n) is 2.65. The van der Waals surface area contributed by atoms with E-state index in [1.54, 1.807) is 0 Å². The van der Waals surface area contributed by atoms with Gasteiger partial charge in [-0.3, -0.25) is 0 Å². The zero-order chi connectivity index (χ0) is 11.0. The summed E-state index contributed by atoms with van der Waals surface area (Å²) in [6, 6.07) is 6.44. The molecule has 0 saturated carbocycles. The summed E-state index contributed by atoms with van der Waals surface area (Å²) in [5.41, 5.74) is 4.11. The van der Waals surface area contributed by atoms with Crippen LogP contribution in [0.3, 0.4) is 0 Å². The topological polar surface area (TPSA) is 23.5 Å². The molecule has 2 rings (SSSR count). The Labute approximate surface area is 91.5 Å². The monoisotopic (exact) mass is 205 g/mol. The number of fused-ring (bicyclic) bond motifs is 1. The maximum absolute atomic E-state index is 9.50. The minimum atomic E-state index is -0.214. The quantitative estimate of drug-likeness (QED) is 0.800. The highest BCUT2D eigenvalue weighted by Gasteiger charge is 2.28. The summed E-state index contributed by atoms with van der Waals surface area (Å²) in [7, 11) is 2.13. The summed E-state index contributed by atoms with van der Waals surface area (Å²) in [6.07, 6.45) is 0.649. The molecule has 2 unspecified atom stereocenters. The fraction of sp³-hybridized carbons (Fsp3) is 0.538. The Balaban J connectivity index is 2.35. The van der Waals surface area contributed by atoms with Gasteiger partial charge in [0.2, 0.25) is 0 Å². The van der Waals surface area contributed by atoms with E-state index in [4.69, 9.17) is 0 Å². The molecule has 0 saturated heterocycles. The summed E-state index contributed by atoms with van der Waals surface area (Å²) < 4.78 is 0. The number of likely N-dealkylation sites (N-methyl/N-ethyl adjacent to an activating group) is 1. The van der Waals surface area contributed by atoms with Crippen molar-refractivity contribution in [1.29, 1.82) is 0 Å². The molecule has 82 valence electrons. The normalized spacial score (nSPS) is 21.6. The van der Waals surface area contributed by atoms with Gasteiger partial charge in [-0.25, -0.2) is 0 Å². The van der Waals surface area contributed by atoms with E-state index < -0.39 is 0 Å². The third-order valence-corrected chi connectivity index (χ3v) is 3.24. The van der Waals surface area contributed by atoms with Crippen molar-refractivity contribution in [3.63, 3.8) is 0 Å². The van der Waals surface area contributed by atoms with Gasteiger partial charge in [0.1, 0.15) is 0 Å². The number of aryl methyl sites for hydroxylation is 1. The van der Waals surface area contributed by atoms with Gasteiger partial charge in [0, 0.05) is 25.2 Å². The van der Waals surface area contributed by atoms with Gasteiger partial charge in [0.25, 0.3) is 0 Å². The maximum Gasteiger partial charge on any atom is 0.0518 e. The van der Waals surface area contributed by atoms with E-state index in [0.29, 0.717) is 5.92 Å². The van der Waals surface area contributed by atoms with Gasteiger partial charge in [-0.05, 0) is 37.5 Å². The molecule has 1 N–H and O–H groups in total. The zero-order valence-electron chi connectivity index (χ0n) is 9.70. The summed E-state index contributed by atoms with van der Waals surface area (Å²) in [4.78, 5) is 2.29. The van der Waals surface area contributed by atoms with Crippen LogP contribution in [0.4, 0.5) is 5.69 Å². The van der Waals surface area contributed by atoms with Crippen LogP contribution in [0.5, 0.6) is 0 Å². The zero-order valence-corrected chi connectivity index (χ0v) is 9.70. The van der Waals surface area contributed by atoms with Crippen molar-refractivity contribution in [2.75, 3.05) is 18.5 Å². The molecule has 1 aliphatic rings. The van der Waals surface area contributed by atoms with E-state index >= 15 is 0 Å². The Morgan fingerprint density at radius 2 is 2.27 bits per heavy atom. The molecular formula is C13H19NO.